The van der Waals surface area contributed by atoms with Crippen molar-refractivity contribution in [1.29, 1.82) is 0 Å². The van der Waals surface area contributed by atoms with E-state index < -0.39 is 0 Å². The Labute approximate surface area is 163 Å². The zero-order chi connectivity index (χ0) is 19.3. The molecule has 0 unspecified atom stereocenters. The molecule has 0 heterocycles. The Bertz CT molecular complexity index is 779. The van der Waals surface area contributed by atoms with Gasteiger partial charge in [-0.3, -0.25) is 9.59 Å². The summed E-state index contributed by atoms with van der Waals surface area (Å²) in [7, 11) is 1.73. The quantitative estimate of drug-likeness (QED) is 0.795. The molecule has 0 aliphatic carbocycles. The van der Waals surface area contributed by atoms with Gasteiger partial charge in [-0.2, -0.15) is 0 Å². The highest BCUT2D eigenvalue weighted by Gasteiger charge is 2.16. The molecule has 2 aromatic carbocycles. The number of likely N-dealkylation sites (N-methyl/N-ethyl adjacent to an activating group) is 1. The van der Waals surface area contributed by atoms with E-state index in [9.17, 15) is 9.59 Å². The molecule has 26 heavy (non-hydrogen) atoms. The number of carbonyl (C=O) groups excluding carboxylic acids is 2. The Hall–Kier alpha value is -2.14. The van der Waals surface area contributed by atoms with Gasteiger partial charge in [0.25, 0.3) is 5.91 Å². The lowest BCUT2D eigenvalue weighted by Gasteiger charge is -2.19. The van der Waals surface area contributed by atoms with Crippen molar-refractivity contribution in [1.82, 2.24) is 10.2 Å². The molecular weight excluding hydrogens is 392 g/mol. The summed E-state index contributed by atoms with van der Waals surface area (Å²) < 4.78 is 0.961. The highest BCUT2D eigenvalue weighted by atomic mass is 79.9. The maximum Gasteiger partial charge on any atom is 0.251 e. The monoisotopic (exact) mass is 416 g/mol. The van der Waals surface area contributed by atoms with E-state index in [1.807, 2.05) is 36.4 Å². The van der Waals surface area contributed by atoms with Crippen molar-refractivity contribution in [3.63, 3.8) is 0 Å². The maximum atomic E-state index is 12.3. The second-order valence-corrected chi connectivity index (χ2v) is 8.21. The summed E-state index contributed by atoms with van der Waals surface area (Å²) in [5.74, 6) is -0.381. The average molecular weight is 417 g/mol. The van der Waals surface area contributed by atoms with E-state index in [1.165, 1.54) is 5.56 Å². The fourth-order valence-electron chi connectivity index (χ4n) is 2.48. The normalized spacial score (nSPS) is 11.1. The van der Waals surface area contributed by atoms with Crippen molar-refractivity contribution < 1.29 is 9.59 Å². The van der Waals surface area contributed by atoms with Crippen LogP contribution in [0, 0.1) is 0 Å². The van der Waals surface area contributed by atoms with Crippen LogP contribution in [0.25, 0.3) is 0 Å². The van der Waals surface area contributed by atoms with Crippen LogP contribution in [0.1, 0.15) is 42.3 Å². The molecule has 0 fully saturated rings. The summed E-state index contributed by atoms with van der Waals surface area (Å²) in [5, 5.41) is 2.70. The molecule has 0 saturated carbocycles. The molecule has 0 aliphatic rings. The number of nitrogens with zero attached hydrogens (tertiary/aromatic N) is 1. The van der Waals surface area contributed by atoms with Crippen molar-refractivity contribution >= 4 is 27.7 Å². The first-order valence-electron chi connectivity index (χ1n) is 8.54. The molecule has 2 rings (SSSR count). The van der Waals surface area contributed by atoms with Crippen LogP contribution >= 0.6 is 15.9 Å². The fraction of sp³-hybridized carbons (Fsp3) is 0.333. The van der Waals surface area contributed by atoms with E-state index in [-0.39, 0.29) is 23.8 Å². The molecule has 1 N–H and O–H groups in total. The third-order valence-corrected chi connectivity index (χ3v) is 4.98. The van der Waals surface area contributed by atoms with Gasteiger partial charge in [-0.15, -0.1) is 0 Å². The van der Waals surface area contributed by atoms with Crippen LogP contribution in [0.4, 0.5) is 0 Å². The van der Waals surface area contributed by atoms with E-state index in [0.717, 1.165) is 10.0 Å². The van der Waals surface area contributed by atoms with Crippen molar-refractivity contribution in [3.05, 3.63) is 69.7 Å². The van der Waals surface area contributed by atoms with Gasteiger partial charge in [0, 0.05) is 23.6 Å². The first-order chi connectivity index (χ1) is 12.2. The Morgan fingerprint density at radius 1 is 1.04 bits per heavy atom. The Morgan fingerprint density at radius 3 is 2.23 bits per heavy atom. The second-order valence-electron chi connectivity index (χ2n) is 7.35. The molecule has 0 saturated heterocycles. The molecule has 0 bridgehead atoms. The van der Waals surface area contributed by atoms with Gasteiger partial charge in [-0.1, -0.05) is 67.0 Å². The predicted molar refractivity (Wildman–Crippen MR) is 108 cm³/mol. The molecule has 5 heteroatoms. The highest BCUT2D eigenvalue weighted by Crippen LogP contribution is 2.22. The third-order valence-electron chi connectivity index (χ3n) is 4.20. The first-order valence-corrected chi connectivity index (χ1v) is 9.34. The third kappa shape index (κ3) is 5.43. The zero-order valence-electron chi connectivity index (χ0n) is 15.7. The van der Waals surface area contributed by atoms with Crippen LogP contribution in [-0.2, 0) is 16.8 Å². The Balaban J connectivity index is 1.90. The summed E-state index contributed by atoms with van der Waals surface area (Å²) >= 11 is 3.48. The Morgan fingerprint density at radius 2 is 1.65 bits per heavy atom. The molecule has 0 radical (unpaired) electrons. The number of nitrogens with one attached hydrogen (secondary N) is 1. The van der Waals surface area contributed by atoms with Gasteiger partial charge in [0.1, 0.15) is 0 Å². The van der Waals surface area contributed by atoms with Crippen LogP contribution in [0.5, 0.6) is 0 Å². The summed E-state index contributed by atoms with van der Waals surface area (Å²) in [6.45, 7) is 6.84. The van der Waals surface area contributed by atoms with E-state index in [0.29, 0.717) is 12.1 Å². The minimum Gasteiger partial charge on any atom is -0.343 e. The van der Waals surface area contributed by atoms with Gasteiger partial charge < -0.3 is 10.2 Å². The summed E-state index contributed by atoms with van der Waals surface area (Å²) in [4.78, 5) is 26.1. The van der Waals surface area contributed by atoms with Crippen LogP contribution in [0.3, 0.4) is 0 Å². The standard InChI is InChI=1S/C21H25BrN2O2/c1-21(2,3)17-11-9-15(10-12-17)20(26)23-13-19(25)24(4)14-16-7-5-6-8-18(16)22/h5-12H,13-14H2,1-4H3,(H,23,26). The second kappa shape index (κ2) is 8.49. The minimum absolute atomic E-state index is 0.0270. The van der Waals surface area contributed by atoms with Gasteiger partial charge in [0.2, 0.25) is 5.91 Å². The van der Waals surface area contributed by atoms with Crippen LogP contribution in [0.15, 0.2) is 53.0 Å². The lowest BCUT2D eigenvalue weighted by Crippen LogP contribution is -2.37. The van der Waals surface area contributed by atoms with Crippen LogP contribution < -0.4 is 5.32 Å². The molecule has 138 valence electrons. The van der Waals surface area contributed by atoms with Crippen molar-refractivity contribution in [2.45, 2.75) is 32.7 Å². The van der Waals surface area contributed by atoms with Gasteiger partial charge >= 0.3 is 0 Å². The Kier molecular flexibility index (Phi) is 6.59. The van der Waals surface area contributed by atoms with Gasteiger partial charge in [0.15, 0.2) is 0 Å². The van der Waals surface area contributed by atoms with Crippen molar-refractivity contribution in [3.8, 4) is 0 Å². The lowest BCUT2D eigenvalue weighted by atomic mass is 9.87. The fourth-order valence-corrected chi connectivity index (χ4v) is 2.89. The van der Waals surface area contributed by atoms with Gasteiger partial charge in [-0.25, -0.2) is 0 Å². The van der Waals surface area contributed by atoms with E-state index >= 15 is 0 Å². The molecule has 0 aliphatic heterocycles. The minimum atomic E-state index is -0.242. The number of carbonyl (C=O) groups is 2. The van der Waals surface area contributed by atoms with Crippen molar-refractivity contribution in [2.24, 2.45) is 0 Å². The van der Waals surface area contributed by atoms with Crippen LogP contribution in [0.2, 0.25) is 0 Å². The molecule has 0 spiro atoms. The SMILES string of the molecule is CN(Cc1ccccc1Br)C(=O)CNC(=O)c1ccc(C(C)(C)C)cc1. The molecule has 4 nitrogen and oxygen atoms in total. The number of amides is 2. The maximum absolute atomic E-state index is 12.3. The van der Waals surface area contributed by atoms with E-state index in [1.54, 1.807) is 24.1 Å². The number of rotatable bonds is 5. The summed E-state index contributed by atoms with van der Waals surface area (Å²) in [6.07, 6.45) is 0. The molecular formula is C21H25BrN2O2. The van der Waals surface area contributed by atoms with E-state index in [4.69, 9.17) is 0 Å². The molecule has 2 amide bonds. The number of hydrogen-bond acceptors (Lipinski definition) is 2. The highest BCUT2D eigenvalue weighted by molar-refractivity contribution is 9.10. The first kappa shape index (κ1) is 20.2. The van der Waals surface area contributed by atoms with E-state index in [2.05, 4.69) is 42.0 Å². The van der Waals surface area contributed by atoms with Gasteiger partial charge in [0.05, 0.1) is 6.54 Å². The molecule has 0 atom stereocenters. The largest absolute Gasteiger partial charge is 0.343 e. The average Bonchev–Trinajstić information content (AvgIpc) is 2.60. The number of halogens is 1. The number of hydrogen-bond donors (Lipinski definition) is 1. The van der Waals surface area contributed by atoms with Gasteiger partial charge in [-0.05, 0) is 34.7 Å². The lowest BCUT2D eigenvalue weighted by molar-refractivity contribution is -0.129. The topological polar surface area (TPSA) is 49.4 Å². The molecule has 2 aromatic rings. The summed E-state index contributed by atoms with van der Waals surface area (Å²) in [6, 6.07) is 15.3. The predicted octanol–water partition coefficient (Wildman–Crippen LogP) is 4.14. The zero-order valence-corrected chi connectivity index (χ0v) is 17.3. The molecule has 0 aromatic heterocycles. The smallest absolute Gasteiger partial charge is 0.251 e. The van der Waals surface area contributed by atoms with Crippen molar-refractivity contribution in [2.75, 3.05) is 13.6 Å². The number of benzene rings is 2. The summed E-state index contributed by atoms with van der Waals surface area (Å²) in [5.41, 5.74) is 2.78. The van der Waals surface area contributed by atoms with Crippen LogP contribution in [-0.4, -0.2) is 30.3 Å².